The van der Waals surface area contributed by atoms with E-state index < -0.39 is 20.6 Å². The van der Waals surface area contributed by atoms with Gasteiger partial charge in [-0.25, -0.2) is 19.9 Å². The smallest absolute Gasteiger partial charge is 0.231 e. The molecule has 0 aliphatic carbocycles. The van der Waals surface area contributed by atoms with E-state index in [4.69, 9.17) is 22.3 Å². The molecule has 12 aromatic heterocycles. The van der Waals surface area contributed by atoms with Gasteiger partial charge in [0.15, 0.2) is 0 Å². The lowest BCUT2D eigenvalue weighted by molar-refractivity contribution is -0.649. The molecule has 0 N–H and O–H groups in total. The van der Waals surface area contributed by atoms with Gasteiger partial charge in [0.25, 0.3) is 0 Å². The van der Waals surface area contributed by atoms with E-state index in [1.807, 2.05) is 95.6 Å². The van der Waals surface area contributed by atoms with Crippen LogP contribution < -0.4 is 18.3 Å². The van der Waals surface area contributed by atoms with E-state index in [1.54, 1.807) is 19.1 Å². The number of hydrogen-bond acceptors (Lipinski definition) is 4. The summed E-state index contributed by atoms with van der Waals surface area (Å²) >= 11 is 0. The number of nitrogens with zero attached hydrogens (tertiary/aromatic N) is 16. The van der Waals surface area contributed by atoms with E-state index in [9.17, 15) is 0 Å². The van der Waals surface area contributed by atoms with Gasteiger partial charge in [-0.2, -0.15) is 18.3 Å². The van der Waals surface area contributed by atoms with E-state index in [0.29, 0.717) is 28.5 Å². The highest BCUT2D eigenvalue weighted by Crippen LogP contribution is 2.35. The zero-order chi connectivity index (χ0) is 85.3. The molecule has 0 bridgehead atoms. The minimum Gasteiger partial charge on any atom is -0.308 e. The first kappa shape index (κ1) is 63.7. The van der Waals surface area contributed by atoms with Crippen molar-refractivity contribution in [1.29, 1.82) is 0 Å². The van der Waals surface area contributed by atoms with Crippen LogP contribution in [0, 0.1) is 138 Å². The maximum absolute atomic E-state index is 7.79. The second-order valence-corrected chi connectivity index (χ2v) is 29.6. The van der Waals surface area contributed by atoms with Crippen LogP contribution in [0.25, 0.3) is 114 Å². The molecule has 16 aromatic rings. The number of aryl methyl sites for hydroxylation is 24. The second-order valence-electron chi connectivity index (χ2n) is 29.6. The van der Waals surface area contributed by atoms with Gasteiger partial charge in [0.2, 0.25) is 68.7 Å². The minimum absolute atomic E-state index is 0.109. The van der Waals surface area contributed by atoms with Gasteiger partial charge in [-0.15, -0.1) is 0 Å². The third-order valence-corrected chi connectivity index (χ3v) is 22.5. The molecule has 0 saturated heterocycles. The number of fused-ring (bicyclic) bond motifs is 4. The van der Waals surface area contributed by atoms with Crippen LogP contribution >= 0.6 is 0 Å². The molecule has 0 saturated carbocycles. The Morgan fingerprint density at radius 3 is 0.963 bits per heavy atom. The molecule has 0 radical (unpaired) electrons. The quantitative estimate of drug-likeness (QED) is 0.141. The van der Waals surface area contributed by atoms with Crippen molar-refractivity contribution in [2.45, 2.75) is 138 Å². The second kappa shape index (κ2) is 28.6. The van der Waals surface area contributed by atoms with Crippen LogP contribution in [0.5, 0.6) is 0 Å². The van der Waals surface area contributed by atoms with E-state index in [2.05, 4.69) is 269 Å². The number of imidazole rings is 8. The molecule has 108 heavy (non-hydrogen) atoms. The Labute approximate surface area is 650 Å². The largest absolute Gasteiger partial charge is 0.308 e. The molecular formula is C92H108N16+4. The lowest BCUT2D eigenvalue weighted by Crippen LogP contribution is -2.35. The maximum atomic E-state index is 7.79. The number of aromatic nitrogens is 16. The Balaban J connectivity index is 0.000000136. The van der Waals surface area contributed by atoms with E-state index in [1.165, 1.54) is 107 Å². The minimum atomic E-state index is -2.28. The van der Waals surface area contributed by atoms with E-state index in [-0.39, 0.29) is 11.4 Å². The van der Waals surface area contributed by atoms with Crippen molar-refractivity contribution >= 4 is 23.1 Å². The zero-order valence-corrected chi connectivity index (χ0v) is 67.5. The highest BCUT2D eigenvalue weighted by atomic mass is 15.3. The molecule has 0 aliphatic heterocycles. The lowest BCUT2D eigenvalue weighted by atomic mass is 10.0. The van der Waals surface area contributed by atoms with Crippen molar-refractivity contribution in [2.75, 3.05) is 0 Å². The van der Waals surface area contributed by atoms with Gasteiger partial charge in [0.1, 0.15) is 51.0 Å². The average molecular weight is 1450 g/mol. The fraction of sp³-hybridized carbons (Fsp3) is 0.304. The Hall–Kier alpha value is -11.5. The predicted octanol–water partition coefficient (Wildman–Crippen LogP) is 17.5. The van der Waals surface area contributed by atoms with Crippen LogP contribution in [0.3, 0.4) is 0 Å². The normalized spacial score (nSPS) is 13.1. The first-order valence-electron chi connectivity index (χ1n) is 41.3. The third-order valence-electron chi connectivity index (χ3n) is 22.5. The molecule has 12 heterocycles. The van der Waals surface area contributed by atoms with Gasteiger partial charge in [-0.1, -0.05) is 71.3 Å². The highest BCUT2D eigenvalue weighted by molar-refractivity contribution is 5.72. The van der Waals surface area contributed by atoms with Gasteiger partial charge >= 0.3 is 0 Å². The van der Waals surface area contributed by atoms with Crippen LogP contribution in [0.2, 0.25) is 0 Å². The molecule has 4 aromatic carbocycles. The van der Waals surface area contributed by atoms with Crippen molar-refractivity contribution < 1.29 is 30.6 Å². The number of rotatable bonds is 8. The van der Waals surface area contributed by atoms with Gasteiger partial charge in [0, 0.05) is 134 Å². The molecule has 16 nitrogen and oxygen atoms in total. The summed E-state index contributed by atoms with van der Waals surface area (Å²) in [6, 6.07) is 50.3. The molecule has 16 heteroatoms. The number of pyridine rings is 4. The fourth-order valence-corrected chi connectivity index (χ4v) is 16.3. The Morgan fingerprint density at radius 1 is 0.250 bits per heavy atom. The summed E-state index contributed by atoms with van der Waals surface area (Å²) in [6.07, 6.45) is 0. The molecule has 0 atom stereocenters. The Kier molecular flexibility index (Phi) is 16.9. The first-order valence-corrected chi connectivity index (χ1v) is 36.8. The van der Waals surface area contributed by atoms with Crippen molar-refractivity contribution in [1.82, 2.24) is 55.8 Å². The van der Waals surface area contributed by atoms with Gasteiger partial charge in [0.05, 0.1) is 45.6 Å². The SMILES string of the molecule is Cc1ccc(-c2cccc(-c3c(C)n4c(C)c(C)nc4n3C)[n+]2C)c(C)c1.Cc1ccc(C)c(-c2cccc(-c3c(C)n4c(C)c(C)nc4n3C)[n+]2C)c1.[2H]C([2H])([2H])c1ccc(C)c(-c2cccc(-c3c(C)n4c(C)c(C([2H])([2H])[2H])nc4n3C)[n+]2C)c1.[2H]C([2H])([2H])c1nc2n(C)c(-c3cc(C)cc(-c4ccccc4C)[n+]3C)c(C)n2c1C. The van der Waals surface area contributed by atoms with Crippen molar-refractivity contribution in [3.05, 3.63) is 258 Å². The topological polar surface area (TPSA) is 104 Å². The summed E-state index contributed by atoms with van der Waals surface area (Å²) in [5.41, 5.74) is 37.0. The lowest BCUT2D eigenvalue weighted by Gasteiger charge is -2.10. The van der Waals surface area contributed by atoms with Crippen molar-refractivity contribution in [3.8, 4) is 90.6 Å². The average Bonchev–Trinajstić information content (AvgIpc) is 1.57. The molecule has 0 amide bonds. The zero-order valence-electron chi connectivity index (χ0n) is 76.5. The van der Waals surface area contributed by atoms with Crippen LogP contribution in [0.15, 0.2) is 146 Å². The first-order chi connectivity index (χ1) is 54.9. The van der Waals surface area contributed by atoms with Crippen LogP contribution in [-0.2, 0) is 56.4 Å². The van der Waals surface area contributed by atoms with Gasteiger partial charge in [-0.3, -0.25) is 17.6 Å². The predicted molar refractivity (Wildman–Crippen MR) is 440 cm³/mol. The molecule has 0 unspecified atom stereocenters. The van der Waals surface area contributed by atoms with Crippen LogP contribution in [0.1, 0.15) is 125 Å². The molecule has 0 aliphatic rings. The van der Waals surface area contributed by atoms with Crippen LogP contribution in [0.4, 0.5) is 0 Å². The summed E-state index contributed by atoms with van der Waals surface area (Å²) in [7, 11) is 16.4. The van der Waals surface area contributed by atoms with Gasteiger partial charge < -0.3 is 18.3 Å². The fourth-order valence-electron chi connectivity index (χ4n) is 16.3. The van der Waals surface area contributed by atoms with Crippen molar-refractivity contribution in [2.24, 2.45) is 56.4 Å². The van der Waals surface area contributed by atoms with Gasteiger partial charge in [-0.05, 0) is 209 Å². The van der Waals surface area contributed by atoms with Crippen molar-refractivity contribution in [3.63, 3.8) is 0 Å². The van der Waals surface area contributed by atoms with Crippen LogP contribution in [-0.4, -0.2) is 55.8 Å². The standard InChI is InChI=1S/4C23H27N4/c1-14-11-12-19(15(2)13-14)20-9-8-10-21(25(20)6)22-18(5)27-17(4)16(3)24-23(27)26(22)7;2*1-14-11-12-15(2)19(13-14)20-9-8-10-21(25(20)6)22-18(5)27-17(4)16(3)24-23(27)26(22)7;1-14-12-20(19-11-9-8-10-15(19)2)25(6)21(13-14)22-18(5)27-17(4)16(3)24-23(27)26(22)7/h4*8-13H,1-7H3/q4*+1/i;1D3,3D3;;3D3. The maximum Gasteiger partial charge on any atom is 0.231 e. The Morgan fingerprint density at radius 2 is 0.565 bits per heavy atom. The number of hydrogen-bond donors (Lipinski definition) is 0. The summed E-state index contributed by atoms with van der Waals surface area (Å²) in [5.74, 6) is 3.20. The monoisotopic (exact) mass is 1450 g/mol. The molecular weight excluding hydrogens is 1330 g/mol. The summed E-state index contributed by atoms with van der Waals surface area (Å²) < 4.78 is 95.6. The summed E-state index contributed by atoms with van der Waals surface area (Å²) in [6.45, 7) is 28.5. The molecule has 16 rings (SSSR count). The molecule has 0 fully saturated rings. The summed E-state index contributed by atoms with van der Waals surface area (Å²) in [4.78, 5) is 18.5. The molecule has 552 valence electrons. The Bertz CT molecular complexity index is 6660. The number of benzene rings is 4. The molecule has 0 spiro atoms. The van der Waals surface area contributed by atoms with E-state index >= 15 is 0 Å². The third kappa shape index (κ3) is 12.6. The van der Waals surface area contributed by atoms with E-state index in [0.717, 1.165) is 79.6 Å². The summed E-state index contributed by atoms with van der Waals surface area (Å²) in [5, 5.41) is 0. The highest BCUT2D eigenvalue weighted by Gasteiger charge is 2.31.